The molecule has 0 aliphatic rings. The maximum atomic E-state index is 4.38. The van der Waals surface area contributed by atoms with Crippen molar-refractivity contribution in [2.75, 3.05) is 0 Å². The van der Waals surface area contributed by atoms with Gasteiger partial charge >= 0.3 is 0 Å². The lowest BCUT2D eigenvalue weighted by atomic mass is 9.84. The number of hydrogen-bond acceptors (Lipinski definition) is 2. The summed E-state index contributed by atoms with van der Waals surface area (Å²) in [7, 11) is 2.00. The molecule has 2 rings (SSSR count). The highest BCUT2D eigenvalue weighted by atomic mass is 15.0. The van der Waals surface area contributed by atoms with Gasteiger partial charge in [-0.1, -0.05) is 20.8 Å². The molecule has 0 bridgehead atoms. The molecule has 0 N–H and O–H groups in total. The molecule has 0 amide bonds. The zero-order chi connectivity index (χ0) is 11.8. The number of nitrogens with zero attached hydrogens (tertiary/aromatic N) is 3. The lowest BCUT2D eigenvalue weighted by Crippen LogP contribution is -2.13. The van der Waals surface area contributed by atoms with E-state index in [9.17, 15) is 0 Å². The average Bonchev–Trinajstić information content (AvgIpc) is 2.63. The van der Waals surface area contributed by atoms with E-state index in [4.69, 9.17) is 0 Å². The van der Waals surface area contributed by atoms with Gasteiger partial charge in [-0.3, -0.25) is 4.98 Å². The van der Waals surface area contributed by atoms with Crippen LogP contribution in [0.5, 0.6) is 0 Å². The monoisotopic (exact) mass is 215 g/mol. The summed E-state index contributed by atoms with van der Waals surface area (Å²) in [5.74, 6) is 0.970. The fourth-order valence-electron chi connectivity index (χ4n) is 1.85. The van der Waals surface area contributed by atoms with E-state index < -0.39 is 0 Å². The lowest BCUT2D eigenvalue weighted by Gasteiger charge is -2.22. The molecule has 0 unspecified atom stereocenters. The van der Waals surface area contributed by atoms with Crippen LogP contribution in [0.15, 0.2) is 30.9 Å². The largest absolute Gasteiger partial charge is 0.334 e. The second-order valence-electron chi connectivity index (χ2n) is 5.03. The third-order valence-corrected chi connectivity index (χ3v) is 2.69. The van der Waals surface area contributed by atoms with Crippen molar-refractivity contribution in [2.45, 2.75) is 26.2 Å². The molecule has 3 nitrogen and oxygen atoms in total. The van der Waals surface area contributed by atoms with Gasteiger partial charge in [-0.05, 0) is 17.0 Å². The molecular formula is C13H17N3. The zero-order valence-electron chi connectivity index (χ0n) is 10.2. The number of rotatable bonds is 1. The molecular weight excluding hydrogens is 198 g/mol. The highest BCUT2D eigenvalue weighted by molar-refractivity contribution is 5.61. The minimum absolute atomic E-state index is 0.101. The molecule has 0 radical (unpaired) electrons. The predicted octanol–water partition coefficient (Wildman–Crippen LogP) is 2.78. The van der Waals surface area contributed by atoms with E-state index in [0.717, 1.165) is 11.4 Å². The van der Waals surface area contributed by atoms with Crippen LogP contribution >= 0.6 is 0 Å². The number of hydrogen-bond donors (Lipinski definition) is 0. The van der Waals surface area contributed by atoms with Gasteiger partial charge in [0.1, 0.15) is 5.82 Å². The van der Waals surface area contributed by atoms with Crippen molar-refractivity contribution in [1.82, 2.24) is 14.5 Å². The summed E-state index contributed by atoms with van der Waals surface area (Å²) < 4.78 is 2.02. The van der Waals surface area contributed by atoms with Crippen LogP contribution in [-0.4, -0.2) is 14.5 Å². The van der Waals surface area contributed by atoms with Gasteiger partial charge in [0, 0.05) is 37.4 Å². The second-order valence-corrected chi connectivity index (χ2v) is 5.03. The smallest absolute Gasteiger partial charge is 0.141 e. The standard InChI is InChI=1S/C13H17N3/c1-13(2,3)11-5-6-14-9-10(11)12-15-7-8-16(12)4/h5-9H,1-4H3. The van der Waals surface area contributed by atoms with Crippen molar-refractivity contribution >= 4 is 0 Å². The summed E-state index contributed by atoms with van der Waals surface area (Å²) in [6.07, 6.45) is 7.50. The Morgan fingerprint density at radius 1 is 1.19 bits per heavy atom. The number of aryl methyl sites for hydroxylation is 1. The van der Waals surface area contributed by atoms with E-state index >= 15 is 0 Å². The normalized spacial score (nSPS) is 11.8. The molecule has 0 atom stereocenters. The highest BCUT2D eigenvalue weighted by Gasteiger charge is 2.20. The average molecular weight is 215 g/mol. The van der Waals surface area contributed by atoms with Crippen molar-refractivity contribution in [3.8, 4) is 11.4 Å². The molecule has 0 fully saturated rings. The van der Waals surface area contributed by atoms with Crippen molar-refractivity contribution in [3.05, 3.63) is 36.4 Å². The first-order valence-electron chi connectivity index (χ1n) is 5.42. The second kappa shape index (κ2) is 3.74. The van der Waals surface area contributed by atoms with E-state index in [1.54, 1.807) is 0 Å². The Balaban J connectivity index is 2.62. The topological polar surface area (TPSA) is 30.7 Å². The molecule has 0 aliphatic heterocycles. The number of imidazole rings is 1. The SMILES string of the molecule is Cn1ccnc1-c1cnccc1C(C)(C)C. The number of aromatic nitrogens is 3. The Kier molecular flexibility index (Phi) is 2.54. The van der Waals surface area contributed by atoms with Gasteiger partial charge in [0.05, 0.1) is 0 Å². The summed E-state index contributed by atoms with van der Waals surface area (Å²) >= 11 is 0. The quantitative estimate of drug-likeness (QED) is 0.732. The van der Waals surface area contributed by atoms with Gasteiger partial charge < -0.3 is 4.57 Å². The Bertz CT molecular complexity index is 492. The van der Waals surface area contributed by atoms with Gasteiger partial charge in [-0.15, -0.1) is 0 Å². The molecule has 84 valence electrons. The molecule has 2 heterocycles. The molecule has 0 aliphatic carbocycles. The van der Waals surface area contributed by atoms with Crippen LogP contribution < -0.4 is 0 Å². The van der Waals surface area contributed by atoms with Crippen LogP contribution in [0.3, 0.4) is 0 Å². The van der Waals surface area contributed by atoms with E-state index in [1.807, 2.05) is 36.4 Å². The van der Waals surface area contributed by atoms with Crippen LogP contribution in [-0.2, 0) is 12.5 Å². The van der Waals surface area contributed by atoms with E-state index in [0.29, 0.717) is 0 Å². The fraction of sp³-hybridized carbons (Fsp3) is 0.385. The first kappa shape index (κ1) is 10.9. The van der Waals surface area contributed by atoms with Gasteiger partial charge in [0.15, 0.2) is 0 Å². The summed E-state index contributed by atoms with van der Waals surface area (Å²) in [6, 6.07) is 2.07. The van der Waals surface area contributed by atoms with Crippen molar-refractivity contribution in [2.24, 2.45) is 7.05 Å². The maximum absolute atomic E-state index is 4.38. The van der Waals surface area contributed by atoms with Gasteiger partial charge in [0.2, 0.25) is 0 Å². The minimum atomic E-state index is 0.101. The molecule has 16 heavy (non-hydrogen) atoms. The van der Waals surface area contributed by atoms with Crippen molar-refractivity contribution in [1.29, 1.82) is 0 Å². The molecule has 0 saturated carbocycles. The van der Waals surface area contributed by atoms with Crippen LogP contribution in [0.2, 0.25) is 0 Å². The third kappa shape index (κ3) is 1.85. The molecule has 2 aromatic rings. The molecule has 0 saturated heterocycles. The Labute approximate surface area is 96.2 Å². The van der Waals surface area contributed by atoms with E-state index in [-0.39, 0.29) is 5.41 Å². The van der Waals surface area contributed by atoms with Crippen molar-refractivity contribution < 1.29 is 0 Å². The maximum Gasteiger partial charge on any atom is 0.141 e. The van der Waals surface area contributed by atoms with Crippen LogP contribution in [0.1, 0.15) is 26.3 Å². The Hall–Kier alpha value is -1.64. The first-order valence-corrected chi connectivity index (χ1v) is 5.42. The fourth-order valence-corrected chi connectivity index (χ4v) is 1.85. The van der Waals surface area contributed by atoms with Crippen LogP contribution in [0.25, 0.3) is 11.4 Å². The lowest BCUT2D eigenvalue weighted by molar-refractivity contribution is 0.590. The van der Waals surface area contributed by atoms with E-state index in [2.05, 4.69) is 36.8 Å². The Morgan fingerprint density at radius 3 is 2.50 bits per heavy atom. The molecule has 0 aromatic carbocycles. The van der Waals surface area contributed by atoms with E-state index in [1.165, 1.54) is 5.56 Å². The third-order valence-electron chi connectivity index (χ3n) is 2.69. The summed E-state index contributed by atoms with van der Waals surface area (Å²) in [5, 5.41) is 0. The minimum Gasteiger partial charge on any atom is -0.334 e. The molecule has 2 aromatic heterocycles. The molecule has 3 heteroatoms. The van der Waals surface area contributed by atoms with Crippen molar-refractivity contribution in [3.63, 3.8) is 0 Å². The van der Waals surface area contributed by atoms with Crippen LogP contribution in [0, 0.1) is 0 Å². The van der Waals surface area contributed by atoms with Gasteiger partial charge in [-0.25, -0.2) is 4.98 Å². The Morgan fingerprint density at radius 2 is 1.94 bits per heavy atom. The highest BCUT2D eigenvalue weighted by Crippen LogP contribution is 2.30. The van der Waals surface area contributed by atoms with Gasteiger partial charge in [-0.2, -0.15) is 0 Å². The van der Waals surface area contributed by atoms with Gasteiger partial charge in [0.25, 0.3) is 0 Å². The summed E-state index contributed by atoms with van der Waals surface area (Å²) in [5.41, 5.74) is 2.49. The predicted molar refractivity (Wildman–Crippen MR) is 65.1 cm³/mol. The first-order chi connectivity index (χ1) is 7.50. The summed E-state index contributed by atoms with van der Waals surface area (Å²) in [4.78, 5) is 8.59. The zero-order valence-corrected chi connectivity index (χ0v) is 10.2. The number of pyridine rings is 1. The summed E-state index contributed by atoms with van der Waals surface area (Å²) in [6.45, 7) is 6.61. The van der Waals surface area contributed by atoms with Crippen LogP contribution in [0.4, 0.5) is 0 Å². The molecule has 0 spiro atoms.